The van der Waals surface area contributed by atoms with Gasteiger partial charge in [-0.15, -0.1) is 0 Å². The van der Waals surface area contributed by atoms with E-state index in [1.54, 1.807) is 6.08 Å². The molecule has 0 heterocycles. The minimum atomic E-state index is -1.03. The molecule has 0 spiro atoms. The van der Waals surface area contributed by atoms with Gasteiger partial charge in [-0.2, -0.15) is 0 Å². The van der Waals surface area contributed by atoms with E-state index in [9.17, 15) is 19.8 Å². The first kappa shape index (κ1) is 48.3. The lowest BCUT2D eigenvalue weighted by Gasteiger charge is -2.12. The normalized spacial score (nSPS) is 13.7. The van der Waals surface area contributed by atoms with Gasteiger partial charge in [0.2, 0.25) is 0 Å². The van der Waals surface area contributed by atoms with Crippen LogP contribution in [-0.4, -0.2) is 47.6 Å². The Morgan fingerprint density at radius 3 is 1.55 bits per heavy atom. The SMILES string of the molecule is CC/C=C\C/C=C\C/C=C\C/C=C\C=C/C(O)C/C=C\CCC(=O)OC[C@H](O)COC(=O)CCCCCCCCCCCCCCCCC(C)C. The largest absolute Gasteiger partial charge is 0.463 e. The van der Waals surface area contributed by atoms with Gasteiger partial charge in [0.05, 0.1) is 6.10 Å². The molecular formula is C45H76O6. The van der Waals surface area contributed by atoms with Crippen LogP contribution in [0.5, 0.6) is 0 Å². The minimum absolute atomic E-state index is 0.170. The van der Waals surface area contributed by atoms with Crippen LogP contribution in [-0.2, 0) is 19.1 Å². The Kier molecular flexibility index (Phi) is 36.5. The van der Waals surface area contributed by atoms with E-state index in [0.29, 0.717) is 19.3 Å². The van der Waals surface area contributed by atoms with E-state index in [2.05, 4.69) is 57.2 Å². The molecule has 0 bridgehead atoms. The van der Waals surface area contributed by atoms with Crippen molar-refractivity contribution in [3.8, 4) is 0 Å². The third-order valence-electron chi connectivity index (χ3n) is 8.48. The first-order valence-electron chi connectivity index (χ1n) is 20.5. The van der Waals surface area contributed by atoms with Gasteiger partial charge in [0.25, 0.3) is 0 Å². The molecule has 6 heteroatoms. The van der Waals surface area contributed by atoms with Gasteiger partial charge in [0, 0.05) is 12.8 Å². The number of aliphatic hydroxyl groups excluding tert-OH is 2. The minimum Gasteiger partial charge on any atom is -0.463 e. The van der Waals surface area contributed by atoms with Crippen LogP contribution >= 0.6 is 0 Å². The zero-order chi connectivity index (χ0) is 37.5. The van der Waals surface area contributed by atoms with Crippen molar-refractivity contribution in [1.29, 1.82) is 0 Å². The van der Waals surface area contributed by atoms with Crippen LogP contribution in [0.15, 0.2) is 72.9 Å². The van der Waals surface area contributed by atoms with Crippen molar-refractivity contribution in [1.82, 2.24) is 0 Å². The Morgan fingerprint density at radius 2 is 1.02 bits per heavy atom. The quantitative estimate of drug-likeness (QED) is 0.0294. The van der Waals surface area contributed by atoms with Crippen molar-refractivity contribution in [2.24, 2.45) is 5.92 Å². The molecule has 0 radical (unpaired) electrons. The van der Waals surface area contributed by atoms with Crippen molar-refractivity contribution < 1.29 is 29.3 Å². The summed E-state index contributed by atoms with van der Waals surface area (Å²) < 4.78 is 10.2. The summed E-state index contributed by atoms with van der Waals surface area (Å²) in [6.07, 6.45) is 47.1. The second-order valence-corrected chi connectivity index (χ2v) is 14.1. The van der Waals surface area contributed by atoms with Crippen LogP contribution in [0.2, 0.25) is 0 Å². The smallest absolute Gasteiger partial charge is 0.306 e. The molecule has 0 fully saturated rings. The van der Waals surface area contributed by atoms with E-state index in [-0.39, 0.29) is 25.6 Å². The van der Waals surface area contributed by atoms with Gasteiger partial charge in [0.1, 0.15) is 19.3 Å². The molecule has 0 amide bonds. The summed E-state index contributed by atoms with van der Waals surface area (Å²) in [7, 11) is 0. The molecule has 6 nitrogen and oxygen atoms in total. The molecule has 0 aromatic carbocycles. The number of allylic oxidation sites excluding steroid dienone is 10. The standard InChI is InChI=1S/C45H76O6/c1-4-5-6-7-8-9-10-13-17-20-23-26-30-35-42(46)36-31-28-33-38-45(49)51-40-43(47)39-50-44(48)37-32-27-24-21-18-15-12-11-14-16-19-22-25-29-34-41(2)3/h5-6,8-9,13,17,23,26,28,30-31,35,41-43,46-47H,4,7,10-12,14-16,18-22,24-25,27,29,32-34,36-40H2,1-3H3/b6-5-,9-8-,17-13-,26-23-,31-28-,35-30-/t42?,43-/m1/s1. The molecule has 2 N–H and O–H groups in total. The predicted molar refractivity (Wildman–Crippen MR) is 215 cm³/mol. The first-order valence-corrected chi connectivity index (χ1v) is 20.5. The molecule has 292 valence electrons. The number of carbonyl (C=O) groups excluding carboxylic acids is 2. The van der Waals surface area contributed by atoms with Crippen LogP contribution in [0.25, 0.3) is 0 Å². The van der Waals surface area contributed by atoms with Crippen LogP contribution < -0.4 is 0 Å². The van der Waals surface area contributed by atoms with E-state index >= 15 is 0 Å². The summed E-state index contributed by atoms with van der Waals surface area (Å²) in [4.78, 5) is 24.0. The van der Waals surface area contributed by atoms with E-state index in [1.165, 1.54) is 77.0 Å². The Morgan fingerprint density at radius 1 is 0.549 bits per heavy atom. The van der Waals surface area contributed by atoms with E-state index in [4.69, 9.17) is 9.47 Å². The van der Waals surface area contributed by atoms with Crippen molar-refractivity contribution in [2.45, 2.75) is 181 Å². The number of unbranched alkanes of at least 4 members (excludes halogenated alkanes) is 13. The van der Waals surface area contributed by atoms with Crippen LogP contribution in [0.4, 0.5) is 0 Å². The van der Waals surface area contributed by atoms with Gasteiger partial charge < -0.3 is 19.7 Å². The number of hydrogen-bond acceptors (Lipinski definition) is 6. The van der Waals surface area contributed by atoms with Crippen molar-refractivity contribution >= 4 is 11.9 Å². The highest BCUT2D eigenvalue weighted by Crippen LogP contribution is 2.15. The molecule has 0 saturated carbocycles. The Balaban J connectivity index is 3.65. The average Bonchev–Trinajstić information content (AvgIpc) is 3.11. The number of rotatable bonds is 35. The number of esters is 2. The molecule has 0 rings (SSSR count). The molecule has 0 aromatic rings. The zero-order valence-corrected chi connectivity index (χ0v) is 32.9. The van der Waals surface area contributed by atoms with Gasteiger partial charge >= 0.3 is 11.9 Å². The lowest BCUT2D eigenvalue weighted by Crippen LogP contribution is -2.25. The Bertz CT molecular complexity index is 973. The highest BCUT2D eigenvalue weighted by molar-refractivity contribution is 5.70. The Hall–Kier alpha value is -2.70. The fraction of sp³-hybridized carbons (Fsp3) is 0.689. The van der Waals surface area contributed by atoms with Gasteiger partial charge in [-0.1, -0.05) is 184 Å². The lowest BCUT2D eigenvalue weighted by atomic mass is 10.0. The van der Waals surface area contributed by atoms with Crippen LogP contribution in [0, 0.1) is 5.92 Å². The topological polar surface area (TPSA) is 93.1 Å². The highest BCUT2D eigenvalue weighted by Gasteiger charge is 2.12. The van der Waals surface area contributed by atoms with E-state index in [1.807, 2.05) is 30.4 Å². The second kappa shape index (κ2) is 38.5. The van der Waals surface area contributed by atoms with Crippen molar-refractivity contribution in [3.63, 3.8) is 0 Å². The molecule has 2 atom stereocenters. The molecule has 0 aromatic heterocycles. The maximum absolute atomic E-state index is 12.0. The molecule has 0 aliphatic heterocycles. The van der Waals surface area contributed by atoms with Gasteiger partial charge in [0.15, 0.2) is 0 Å². The monoisotopic (exact) mass is 713 g/mol. The lowest BCUT2D eigenvalue weighted by molar-refractivity contribution is -0.152. The highest BCUT2D eigenvalue weighted by atomic mass is 16.6. The van der Waals surface area contributed by atoms with E-state index in [0.717, 1.165) is 50.9 Å². The van der Waals surface area contributed by atoms with Gasteiger partial charge in [-0.3, -0.25) is 9.59 Å². The number of carbonyl (C=O) groups is 2. The maximum atomic E-state index is 12.0. The summed E-state index contributed by atoms with van der Waals surface area (Å²) in [5, 5.41) is 20.1. The number of aliphatic hydroxyl groups is 2. The predicted octanol–water partition coefficient (Wildman–Crippen LogP) is 11.8. The zero-order valence-electron chi connectivity index (χ0n) is 32.9. The molecule has 0 saturated heterocycles. The summed E-state index contributed by atoms with van der Waals surface area (Å²) in [6, 6.07) is 0. The maximum Gasteiger partial charge on any atom is 0.306 e. The molecule has 1 unspecified atom stereocenters. The molecule has 0 aliphatic carbocycles. The second-order valence-electron chi connectivity index (χ2n) is 14.1. The third kappa shape index (κ3) is 39.9. The fourth-order valence-electron chi connectivity index (χ4n) is 5.38. The van der Waals surface area contributed by atoms with Crippen molar-refractivity contribution in [2.75, 3.05) is 13.2 Å². The number of hydrogen-bond donors (Lipinski definition) is 2. The van der Waals surface area contributed by atoms with E-state index < -0.39 is 18.2 Å². The molecule has 51 heavy (non-hydrogen) atoms. The summed E-state index contributed by atoms with van der Waals surface area (Å²) in [5.74, 6) is 0.0999. The summed E-state index contributed by atoms with van der Waals surface area (Å²) >= 11 is 0. The van der Waals surface area contributed by atoms with Crippen LogP contribution in [0.3, 0.4) is 0 Å². The first-order chi connectivity index (χ1) is 24.8. The van der Waals surface area contributed by atoms with Gasteiger partial charge in [-0.05, 0) is 50.9 Å². The van der Waals surface area contributed by atoms with Crippen LogP contribution in [0.1, 0.15) is 168 Å². The van der Waals surface area contributed by atoms with Gasteiger partial charge in [-0.25, -0.2) is 0 Å². The summed E-state index contributed by atoms with van der Waals surface area (Å²) in [6.45, 7) is 6.38. The number of ether oxygens (including phenoxy) is 2. The fourth-order valence-corrected chi connectivity index (χ4v) is 5.38. The Labute approximate surface area is 313 Å². The third-order valence-corrected chi connectivity index (χ3v) is 8.48. The summed E-state index contributed by atoms with van der Waals surface area (Å²) in [5.41, 5.74) is 0. The molecular weight excluding hydrogens is 636 g/mol. The molecule has 0 aliphatic rings. The van der Waals surface area contributed by atoms with Crippen molar-refractivity contribution in [3.05, 3.63) is 72.9 Å². The average molecular weight is 713 g/mol.